The van der Waals surface area contributed by atoms with Crippen molar-refractivity contribution in [1.29, 1.82) is 0 Å². The van der Waals surface area contributed by atoms with Gasteiger partial charge in [-0.2, -0.15) is 0 Å². The summed E-state index contributed by atoms with van der Waals surface area (Å²) in [5.41, 5.74) is 0.542. The number of unbranched alkanes of at least 4 members (excludes halogenated alkanes) is 1. The molecule has 0 bridgehead atoms. The Kier molecular flexibility index (Phi) is 6.82. The number of hydrogen-bond acceptors (Lipinski definition) is 7. The van der Waals surface area contributed by atoms with Gasteiger partial charge in [-0.1, -0.05) is 43.4 Å². The van der Waals surface area contributed by atoms with Crippen molar-refractivity contribution in [2.24, 2.45) is 0 Å². The second-order valence-electron chi connectivity index (χ2n) is 6.30. The number of carbonyl (C=O) groups is 1. The SMILES string of the molecule is CCCCN1C(=O)/C(=C/c2c(NCCCO)nc3ccccn3c2=O)SC1=S. The lowest BCUT2D eigenvalue weighted by Gasteiger charge is -2.13. The molecular weight excluding hydrogens is 396 g/mol. The molecule has 0 radical (unpaired) electrons. The third-order valence-electron chi connectivity index (χ3n) is 4.28. The molecule has 148 valence electrons. The van der Waals surface area contributed by atoms with Crippen molar-refractivity contribution in [1.82, 2.24) is 14.3 Å². The summed E-state index contributed by atoms with van der Waals surface area (Å²) in [5.74, 6) is 0.214. The van der Waals surface area contributed by atoms with Crippen LogP contribution in [0.4, 0.5) is 5.82 Å². The van der Waals surface area contributed by atoms with E-state index in [1.165, 1.54) is 16.2 Å². The second kappa shape index (κ2) is 9.31. The molecule has 28 heavy (non-hydrogen) atoms. The first-order chi connectivity index (χ1) is 13.6. The van der Waals surface area contributed by atoms with Crippen LogP contribution in [0.1, 0.15) is 31.7 Å². The number of aromatic nitrogens is 2. The molecule has 3 rings (SSSR count). The minimum absolute atomic E-state index is 0.0327. The molecule has 1 saturated heterocycles. The Bertz CT molecular complexity index is 987. The predicted molar refractivity (Wildman–Crippen MR) is 116 cm³/mol. The minimum Gasteiger partial charge on any atom is -0.396 e. The highest BCUT2D eigenvalue weighted by molar-refractivity contribution is 8.26. The topological polar surface area (TPSA) is 86.9 Å². The van der Waals surface area contributed by atoms with E-state index < -0.39 is 0 Å². The maximum Gasteiger partial charge on any atom is 0.267 e. The maximum atomic E-state index is 13.0. The van der Waals surface area contributed by atoms with Crippen molar-refractivity contribution in [3.05, 3.63) is 45.2 Å². The number of rotatable bonds is 8. The fraction of sp³-hybridized carbons (Fsp3) is 0.368. The summed E-state index contributed by atoms with van der Waals surface area (Å²) in [7, 11) is 0. The third-order valence-corrected chi connectivity index (χ3v) is 5.66. The van der Waals surface area contributed by atoms with Gasteiger partial charge in [0, 0.05) is 25.9 Å². The summed E-state index contributed by atoms with van der Waals surface area (Å²) in [4.78, 5) is 32.3. The first-order valence-corrected chi connectivity index (χ1v) is 10.4. The van der Waals surface area contributed by atoms with Crippen LogP contribution in [-0.4, -0.2) is 49.3 Å². The highest BCUT2D eigenvalue weighted by Crippen LogP contribution is 2.33. The molecular formula is C19H22N4O3S2. The fourth-order valence-corrected chi connectivity index (χ4v) is 4.08. The van der Waals surface area contributed by atoms with Gasteiger partial charge in [0.1, 0.15) is 15.8 Å². The van der Waals surface area contributed by atoms with Gasteiger partial charge < -0.3 is 10.4 Å². The molecule has 1 aliphatic rings. The number of nitrogens with zero attached hydrogens (tertiary/aromatic N) is 3. The van der Waals surface area contributed by atoms with Crippen molar-refractivity contribution in [2.45, 2.75) is 26.2 Å². The maximum absolute atomic E-state index is 13.0. The number of amides is 1. The molecule has 0 aliphatic carbocycles. The third kappa shape index (κ3) is 4.26. The molecule has 0 saturated carbocycles. The number of nitrogens with one attached hydrogen (secondary N) is 1. The zero-order valence-electron chi connectivity index (χ0n) is 15.6. The summed E-state index contributed by atoms with van der Waals surface area (Å²) >= 11 is 6.54. The first-order valence-electron chi connectivity index (χ1n) is 9.18. The van der Waals surface area contributed by atoms with E-state index in [1.54, 1.807) is 35.4 Å². The smallest absolute Gasteiger partial charge is 0.267 e. The number of hydrogen-bond donors (Lipinski definition) is 2. The number of aliphatic hydroxyl groups excluding tert-OH is 1. The number of thiocarbonyl (C=S) groups is 1. The van der Waals surface area contributed by atoms with Gasteiger partial charge in [0.15, 0.2) is 0 Å². The summed E-state index contributed by atoms with van der Waals surface area (Å²) < 4.78 is 1.95. The lowest BCUT2D eigenvalue weighted by Crippen LogP contribution is -2.29. The Morgan fingerprint density at radius 2 is 2.14 bits per heavy atom. The lowest BCUT2D eigenvalue weighted by atomic mass is 10.2. The molecule has 0 unspecified atom stereocenters. The van der Waals surface area contributed by atoms with Crippen LogP contribution in [0.3, 0.4) is 0 Å². The van der Waals surface area contributed by atoms with Crippen molar-refractivity contribution in [2.75, 3.05) is 25.0 Å². The Morgan fingerprint density at radius 3 is 2.89 bits per heavy atom. The molecule has 9 heteroatoms. The average molecular weight is 419 g/mol. The van der Waals surface area contributed by atoms with E-state index in [2.05, 4.69) is 17.2 Å². The van der Waals surface area contributed by atoms with Crippen LogP contribution in [0.2, 0.25) is 0 Å². The summed E-state index contributed by atoms with van der Waals surface area (Å²) in [6.45, 7) is 3.13. The quantitative estimate of drug-likeness (QED) is 0.387. The number of fused-ring (bicyclic) bond motifs is 1. The standard InChI is InChI=1S/C19H22N4O3S2/c1-2-3-9-23-18(26)14(28-19(23)27)12-13-16(20-8-6-11-24)21-15-7-4-5-10-22(15)17(13)25/h4-5,7,10,12,20,24H,2-3,6,8-9,11H2,1H3/b14-12-. The largest absolute Gasteiger partial charge is 0.396 e. The number of thioether (sulfide) groups is 1. The van der Waals surface area contributed by atoms with Crippen molar-refractivity contribution in [3.8, 4) is 0 Å². The van der Waals surface area contributed by atoms with E-state index in [-0.39, 0.29) is 18.1 Å². The van der Waals surface area contributed by atoms with Gasteiger partial charge in [0.2, 0.25) is 0 Å². The highest BCUT2D eigenvalue weighted by Gasteiger charge is 2.32. The van der Waals surface area contributed by atoms with Crippen LogP contribution >= 0.6 is 24.0 Å². The Labute approximate surface area is 172 Å². The molecule has 2 aromatic rings. The summed E-state index contributed by atoms with van der Waals surface area (Å²) in [6.07, 6.45) is 5.57. The van der Waals surface area contributed by atoms with Crippen LogP contribution in [-0.2, 0) is 4.79 Å². The molecule has 3 heterocycles. The monoisotopic (exact) mass is 418 g/mol. The number of carbonyl (C=O) groups excluding carboxylic acids is 1. The van der Waals surface area contributed by atoms with Crippen LogP contribution in [0.15, 0.2) is 34.1 Å². The van der Waals surface area contributed by atoms with E-state index >= 15 is 0 Å². The fourth-order valence-electron chi connectivity index (χ4n) is 2.79. The van der Waals surface area contributed by atoms with E-state index in [9.17, 15) is 9.59 Å². The number of aliphatic hydroxyl groups is 1. The molecule has 2 aromatic heterocycles. The van der Waals surface area contributed by atoms with Gasteiger partial charge in [-0.05, 0) is 31.1 Å². The normalized spacial score (nSPS) is 15.8. The molecule has 1 fully saturated rings. The molecule has 0 aromatic carbocycles. The molecule has 1 aliphatic heterocycles. The first kappa shape index (κ1) is 20.5. The number of anilines is 1. The van der Waals surface area contributed by atoms with E-state index in [0.717, 1.165) is 12.8 Å². The Balaban J connectivity index is 2.03. The van der Waals surface area contributed by atoms with E-state index in [4.69, 9.17) is 17.3 Å². The number of pyridine rings is 1. The summed E-state index contributed by atoms with van der Waals surface area (Å²) in [5, 5.41) is 12.1. The lowest BCUT2D eigenvalue weighted by molar-refractivity contribution is -0.122. The molecule has 0 spiro atoms. The van der Waals surface area contributed by atoms with Crippen molar-refractivity contribution in [3.63, 3.8) is 0 Å². The summed E-state index contributed by atoms with van der Waals surface area (Å²) in [6, 6.07) is 5.30. The highest BCUT2D eigenvalue weighted by atomic mass is 32.2. The molecule has 7 nitrogen and oxygen atoms in total. The average Bonchev–Trinajstić information content (AvgIpc) is 2.96. The Morgan fingerprint density at radius 1 is 1.32 bits per heavy atom. The van der Waals surface area contributed by atoms with Crippen molar-refractivity contribution < 1.29 is 9.90 Å². The minimum atomic E-state index is -0.268. The van der Waals surface area contributed by atoms with E-state index in [1.807, 2.05) is 0 Å². The van der Waals surface area contributed by atoms with Crippen LogP contribution < -0.4 is 10.9 Å². The van der Waals surface area contributed by atoms with Crippen LogP contribution in [0.25, 0.3) is 11.7 Å². The zero-order valence-corrected chi connectivity index (χ0v) is 17.2. The van der Waals surface area contributed by atoms with Crippen LogP contribution in [0, 0.1) is 0 Å². The van der Waals surface area contributed by atoms with Crippen LogP contribution in [0.5, 0.6) is 0 Å². The van der Waals surface area contributed by atoms with Gasteiger partial charge in [0.05, 0.1) is 10.5 Å². The predicted octanol–water partition coefficient (Wildman–Crippen LogP) is 2.49. The second-order valence-corrected chi connectivity index (χ2v) is 7.97. The van der Waals surface area contributed by atoms with Gasteiger partial charge in [0.25, 0.3) is 11.5 Å². The molecule has 0 atom stereocenters. The van der Waals surface area contributed by atoms with Gasteiger partial charge in [-0.15, -0.1) is 0 Å². The zero-order chi connectivity index (χ0) is 20.1. The van der Waals surface area contributed by atoms with Gasteiger partial charge in [-0.25, -0.2) is 4.98 Å². The molecule has 1 amide bonds. The van der Waals surface area contributed by atoms with Gasteiger partial charge >= 0.3 is 0 Å². The molecule has 2 N–H and O–H groups in total. The Hall–Kier alpha value is -2.23. The van der Waals surface area contributed by atoms with E-state index in [0.29, 0.717) is 45.8 Å². The van der Waals surface area contributed by atoms with Crippen molar-refractivity contribution >= 4 is 51.7 Å². The van der Waals surface area contributed by atoms with Gasteiger partial charge in [-0.3, -0.25) is 18.9 Å².